The third kappa shape index (κ3) is 3.59. The van der Waals surface area contributed by atoms with Crippen LogP contribution in [0.4, 0.5) is 0 Å². The molecule has 2 N–H and O–H groups in total. The van der Waals surface area contributed by atoms with Gasteiger partial charge in [0.05, 0.1) is 26.9 Å². The molecule has 0 unspecified atom stereocenters. The molecule has 0 spiro atoms. The molecule has 9 nitrogen and oxygen atoms in total. The number of aliphatic hydroxyl groups excluding tert-OH is 2. The Hall–Kier alpha value is -2.53. The van der Waals surface area contributed by atoms with Crippen LogP contribution in [-0.4, -0.2) is 58.4 Å². The molecule has 4 rings (SSSR count). The van der Waals surface area contributed by atoms with Crippen LogP contribution < -0.4 is 9.47 Å². The monoisotopic (exact) mass is 405 g/mol. The van der Waals surface area contributed by atoms with E-state index in [1.54, 1.807) is 37.8 Å². The highest BCUT2D eigenvalue weighted by Crippen LogP contribution is 2.36. The predicted octanol–water partition coefficient (Wildman–Crippen LogP) is 2.06. The molecule has 0 aliphatic carbocycles. The maximum atomic E-state index is 9.89. The van der Waals surface area contributed by atoms with E-state index in [0.717, 1.165) is 0 Å². The highest BCUT2D eigenvalue weighted by atomic mass is 32.1. The molecule has 1 aromatic carbocycles. The van der Waals surface area contributed by atoms with E-state index in [1.165, 1.54) is 11.3 Å². The first kappa shape index (κ1) is 18.8. The van der Waals surface area contributed by atoms with Crippen molar-refractivity contribution in [3.63, 3.8) is 0 Å². The lowest BCUT2D eigenvalue weighted by Crippen LogP contribution is -2.24. The van der Waals surface area contributed by atoms with E-state index in [1.807, 2.05) is 0 Å². The Morgan fingerprint density at radius 3 is 2.57 bits per heavy atom. The van der Waals surface area contributed by atoms with Crippen molar-refractivity contribution >= 4 is 11.3 Å². The van der Waals surface area contributed by atoms with Crippen molar-refractivity contribution in [3.8, 4) is 34.5 Å². The van der Waals surface area contributed by atoms with Gasteiger partial charge in [-0.2, -0.15) is 4.98 Å². The number of benzene rings is 1. The summed E-state index contributed by atoms with van der Waals surface area (Å²) in [6.07, 6.45) is -1.27. The first-order chi connectivity index (χ1) is 13.6. The fourth-order valence-electron chi connectivity index (χ4n) is 2.97. The van der Waals surface area contributed by atoms with Gasteiger partial charge in [-0.05, 0) is 12.1 Å². The minimum atomic E-state index is -0.708. The number of thiazole rings is 1. The molecule has 2 aromatic heterocycles. The lowest BCUT2D eigenvalue weighted by molar-refractivity contribution is -0.0225. The number of ether oxygens (including phenoxy) is 3. The molecule has 1 fully saturated rings. The molecule has 10 heteroatoms. The number of hydrogen-bond acceptors (Lipinski definition) is 10. The summed E-state index contributed by atoms with van der Waals surface area (Å²) in [6.45, 7) is -0.229. The number of aromatic nitrogens is 3. The molecule has 0 radical (unpaired) electrons. The van der Waals surface area contributed by atoms with E-state index in [4.69, 9.17) is 18.7 Å². The van der Waals surface area contributed by atoms with E-state index >= 15 is 0 Å². The minimum absolute atomic E-state index is 0.229. The van der Waals surface area contributed by atoms with Crippen molar-refractivity contribution in [1.82, 2.24) is 15.1 Å². The van der Waals surface area contributed by atoms with E-state index in [0.29, 0.717) is 40.0 Å². The van der Waals surface area contributed by atoms with E-state index in [9.17, 15) is 10.2 Å². The topological polar surface area (TPSA) is 120 Å². The van der Waals surface area contributed by atoms with Crippen molar-refractivity contribution < 1.29 is 28.9 Å². The van der Waals surface area contributed by atoms with Crippen molar-refractivity contribution in [3.05, 3.63) is 28.6 Å². The smallest absolute Gasteiger partial charge is 0.277 e. The quantitative estimate of drug-likeness (QED) is 0.635. The largest absolute Gasteiger partial charge is 0.497 e. The van der Waals surface area contributed by atoms with Gasteiger partial charge in [-0.1, -0.05) is 5.16 Å². The summed E-state index contributed by atoms with van der Waals surface area (Å²) in [5.74, 6) is 1.89. The molecule has 1 aliphatic heterocycles. The molecule has 3 atom stereocenters. The van der Waals surface area contributed by atoms with Crippen LogP contribution in [-0.2, 0) is 4.74 Å². The van der Waals surface area contributed by atoms with Gasteiger partial charge in [0.2, 0.25) is 5.82 Å². The fourth-order valence-corrected chi connectivity index (χ4v) is 3.81. The summed E-state index contributed by atoms with van der Waals surface area (Å²) in [5, 5.41) is 25.6. The first-order valence-electron chi connectivity index (χ1n) is 8.58. The van der Waals surface area contributed by atoms with Gasteiger partial charge in [0, 0.05) is 23.4 Å². The molecule has 1 saturated heterocycles. The zero-order valence-electron chi connectivity index (χ0n) is 15.2. The lowest BCUT2D eigenvalue weighted by Gasteiger charge is -2.09. The number of hydrogen-bond donors (Lipinski definition) is 2. The van der Waals surface area contributed by atoms with Crippen LogP contribution in [0.3, 0.4) is 0 Å². The summed E-state index contributed by atoms with van der Waals surface area (Å²) in [5.41, 5.74) is 1.22. The van der Waals surface area contributed by atoms with Crippen LogP contribution in [0, 0.1) is 0 Å². The maximum Gasteiger partial charge on any atom is 0.277 e. The predicted molar refractivity (Wildman–Crippen MR) is 99.3 cm³/mol. The van der Waals surface area contributed by atoms with Crippen molar-refractivity contribution in [2.45, 2.75) is 24.7 Å². The van der Waals surface area contributed by atoms with E-state index in [2.05, 4.69) is 15.1 Å². The molecular weight excluding hydrogens is 386 g/mol. The third-order valence-corrected chi connectivity index (χ3v) is 5.39. The minimum Gasteiger partial charge on any atom is -0.497 e. The summed E-state index contributed by atoms with van der Waals surface area (Å²) >= 11 is 1.38. The Kier molecular flexibility index (Phi) is 5.27. The molecule has 0 bridgehead atoms. The second kappa shape index (κ2) is 7.84. The summed E-state index contributed by atoms with van der Waals surface area (Å²) in [4.78, 5) is 8.91. The summed E-state index contributed by atoms with van der Waals surface area (Å²) < 4.78 is 21.5. The van der Waals surface area contributed by atoms with Crippen molar-refractivity contribution in [1.29, 1.82) is 0 Å². The van der Waals surface area contributed by atoms with Gasteiger partial charge in [0.15, 0.2) is 0 Å². The molecule has 28 heavy (non-hydrogen) atoms. The number of rotatable bonds is 6. The Morgan fingerprint density at radius 2 is 1.93 bits per heavy atom. The maximum absolute atomic E-state index is 9.89. The van der Waals surface area contributed by atoms with Gasteiger partial charge in [-0.25, -0.2) is 4.98 Å². The first-order valence-corrected chi connectivity index (χ1v) is 9.46. The lowest BCUT2D eigenvalue weighted by atomic mass is 10.1. The number of nitrogens with zero attached hydrogens (tertiary/aromatic N) is 3. The van der Waals surface area contributed by atoms with Crippen molar-refractivity contribution in [2.24, 2.45) is 0 Å². The molecular formula is C18H19N3O6S. The SMILES string of the molecule is COc1cc(OC)cc(-c2noc(-c3csc([C@@H]4C[C@H](O)[C@@H](CO)O4)n3)n2)c1. The van der Waals surface area contributed by atoms with Gasteiger partial charge in [0.25, 0.3) is 5.89 Å². The van der Waals surface area contributed by atoms with Gasteiger partial charge in [-0.15, -0.1) is 11.3 Å². The Labute approximate surface area is 164 Å². The van der Waals surface area contributed by atoms with E-state index in [-0.39, 0.29) is 18.6 Å². The van der Waals surface area contributed by atoms with Gasteiger partial charge in [-0.3, -0.25) is 0 Å². The average molecular weight is 405 g/mol. The number of methoxy groups -OCH3 is 2. The van der Waals surface area contributed by atoms with E-state index < -0.39 is 12.2 Å². The van der Waals surface area contributed by atoms with Gasteiger partial charge >= 0.3 is 0 Å². The molecule has 148 valence electrons. The number of aliphatic hydroxyl groups is 2. The molecule has 0 amide bonds. The summed E-state index contributed by atoms with van der Waals surface area (Å²) in [7, 11) is 3.14. The Balaban J connectivity index is 1.57. The normalized spacial score (nSPS) is 21.8. The van der Waals surface area contributed by atoms with Crippen LogP contribution in [0.1, 0.15) is 17.5 Å². The fraction of sp³-hybridized carbons (Fsp3) is 0.389. The molecule has 3 heterocycles. The van der Waals surface area contributed by atoms with Crippen LogP contribution in [0.25, 0.3) is 23.0 Å². The molecule has 3 aromatic rings. The van der Waals surface area contributed by atoms with Crippen molar-refractivity contribution in [2.75, 3.05) is 20.8 Å². The van der Waals surface area contributed by atoms with Crippen LogP contribution in [0.5, 0.6) is 11.5 Å². The second-order valence-electron chi connectivity index (χ2n) is 6.24. The zero-order valence-corrected chi connectivity index (χ0v) is 16.0. The standard InChI is InChI=1S/C18H19N3O6S/c1-24-10-3-9(4-11(5-10)25-2)16-20-17(27-21-16)12-8-28-18(19-12)14-6-13(23)15(7-22)26-14/h3-5,8,13-15,22-23H,6-7H2,1-2H3/t13-,14-,15+/m0/s1. The highest BCUT2D eigenvalue weighted by molar-refractivity contribution is 7.10. The van der Waals surface area contributed by atoms with Gasteiger partial charge < -0.3 is 28.9 Å². The molecule has 0 saturated carbocycles. The third-order valence-electron chi connectivity index (χ3n) is 4.46. The average Bonchev–Trinajstić information content (AvgIpc) is 3.46. The van der Waals surface area contributed by atoms with Crippen LogP contribution in [0.15, 0.2) is 28.1 Å². The Bertz CT molecular complexity index is 936. The highest BCUT2D eigenvalue weighted by Gasteiger charge is 2.36. The molecule has 1 aliphatic rings. The van der Waals surface area contributed by atoms with Crippen LogP contribution in [0.2, 0.25) is 0 Å². The zero-order chi connectivity index (χ0) is 19.7. The van der Waals surface area contributed by atoms with Crippen LogP contribution >= 0.6 is 11.3 Å². The second-order valence-corrected chi connectivity index (χ2v) is 7.13. The van der Waals surface area contributed by atoms with Gasteiger partial charge in [0.1, 0.15) is 34.4 Å². The Morgan fingerprint density at radius 1 is 1.18 bits per heavy atom. The summed E-state index contributed by atoms with van der Waals surface area (Å²) in [6, 6.07) is 5.33.